The molecule has 3 N–H and O–H groups in total. The average molecular weight is 424 g/mol. The topological polar surface area (TPSA) is 105 Å². The van der Waals surface area contributed by atoms with Crippen LogP contribution in [-0.2, 0) is 33.5 Å². The van der Waals surface area contributed by atoms with Gasteiger partial charge in [-0.05, 0) is 17.2 Å². The lowest BCUT2D eigenvalue weighted by molar-refractivity contribution is -0.142. The van der Waals surface area contributed by atoms with E-state index < -0.39 is 48.7 Å². The van der Waals surface area contributed by atoms with Crippen molar-refractivity contribution in [3.63, 3.8) is 0 Å². The minimum Gasteiger partial charge on any atom is -0.480 e. The van der Waals surface area contributed by atoms with Crippen molar-refractivity contribution in [2.45, 2.75) is 25.2 Å². The van der Waals surface area contributed by atoms with Crippen LogP contribution < -0.4 is 10.6 Å². The predicted molar refractivity (Wildman–Crippen MR) is 99.3 cm³/mol. The summed E-state index contributed by atoms with van der Waals surface area (Å²) in [6.45, 7) is -0.626. The summed E-state index contributed by atoms with van der Waals surface area (Å²) in [4.78, 5) is 35.0. The van der Waals surface area contributed by atoms with E-state index >= 15 is 0 Å². The monoisotopic (exact) mass is 424 g/mol. The number of alkyl carbamates (subject to hydrolysis) is 1. The standard InChI is InChI=1S/C20H19F3N2O5/c21-20(22,23)15-9-5-4-8-14(15)10-16(18(27)28)25-17(26)11-24-19(29)30-12-13-6-2-1-3-7-13/h1-9,16H,10-12H2,(H,24,29)(H,25,26)(H,27,28)/t16-/m1/s1. The summed E-state index contributed by atoms with van der Waals surface area (Å²) in [6.07, 6.45) is -6.13. The molecule has 2 aromatic rings. The van der Waals surface area contributed by atoms with Gasteiger partial charge < -0.3 is 20.5 Å². The van der Waals surface area contributed by atoms with E-state index in [1.54, 1.807) is 30.3 Å². The summed E-state index contributed by atoms with van der Waals surface area (Å²) in [5.41, 5.74) is -0.521. The lowest BCUT2D eigenvalue weighted by Crippen LogP contribution is -2.46. The number of carbonyl (C=O) groups is 3. The Bertz CT molecular complexity index is 888. The number of rotatable bonds is 8. The maximum Gasteiger partial charge on any atom is 0.416 e. The van der Waals surface area contributed by atoms with Gasteiger partial charge in [0.15, 0.2) is 0 Å². The molecule has 0 heterocycles. The summed E-state index contributed by atoms with van der Waals surface area (Å²) in [5.74, 6) is -2.39. The summed E-state index contributed by atoms with van der Waals surface area (Å²) in [6, 6.07) is 11.7. The lowest BCUT2D eigenvalue weighted by Gasteiger charge is -2.18. The number of halogens is 3. The van der Waals surface area contributed by atoms with Crippen molar-refractivity contribution in [3.05, 3.63) is 71.3 Å². The molecule has 160 valence electrons. The number of nitrogens with one attached hydrogen (secondary N) is 2. The third-order valence-electron chi connectivity index (χ3n) is 3.99. The number of ether oxygens (including phenoxy) is 1. The molecule has 0 aliphatic rings. The van der Waals surface area contributed by atoms with Gasteiger partial charge in [-0.2, -0.15) is 13.2 Å². The van der Waals surface area contributed by atoms with Crippen molar-refractivity contribution in [1.29, 1.82) is 0 Å². The molecule has 0 fully saturated rings. The van der Waals surface area contributed by atoms with Crippen molar-refractivity contribution in [3.8, 4) is 0 Å². The van der Waals surface area contributed by atoms with Gasteiger partial charge >= 0.3 is 18.2 Å². The minimum atomic E-state index is -4.66. The Morgan fingerprint density at radius 2 is 1.63 bits per heavy atom. The second-order valence-corrected chi connectivity index (χ2v) is 6.23. The molecule has 7 nitrogen and oxygen atoms in total. The Hall–Kier alpha value is -3.56. The van der Waals surface area contributed by atoms with Crippen LogP contribution in [0.15, 0.2) is 54.6 Å². The Kier molecular flexibility index (Phi) is 7.79. The number of hydrogen-bond acceptors (Lipinski definition) is 4. The highest BCUT2D eigenvalue weighted by atomic mass is 19.4. The van der Waals surface area contributed by atoms with E-state index in [1.165, 1.54) is 12.1 Å². The van der Waals surface area contributed by atoms with Gasteiger partial charge in [-0.15, -0.1) is 0 Å². The lowest BCUT2D eigenvalue weighted by atomic mass is 9.99. The van der Waals surface area contributed by atoms with E-state index in [9.17, 15) is 32.7 Å². The van der Waals surface area contributed by atoms with E-state index in [1.807, 2.05) is 0 Å². The fourth-order valence-electron chi connectivity index (χ4n) is 2.57. The molecule has 0 saturated heterocycles. The van der Waals surface area contributed by atoms with Gasteiger partial charge in [-0.25, -0.2) is 9.59 Å². The summed E-state index contributed by atoms with van der Waals surface area (Å²) in [5, 5.41) is 13.5. The molecule has 0 radical (unpaired) electrons. The number of carbonyl (C=O) groups excluding carboxylic acids is 2. The van der Waals surface area contributed by atoms with Crippen LogP contribution in [0.2, 0.25) is 0 Å². The SMILES string of the molecule is O=C(CNC(=O)OCc1ccccc1)N[C@H](Cc1ccccc1C(F)(F)F)C(=O)O. The van der Waals surface area contributed by atoms with Crippen LogP contribution in [-0.4, -0.2) is 35.7 Å². The smallest absolute Gasteiger partial charge is 0.416 e. The highest BCUT2D eigenvalue weighted by Gasteiger charge is 2.34. The minimum absolute atomic E-state index is 0.0275. The average Bonchev–Trinajstić information content (AvgIpc) is 2.70. The van der Waals surface area contributed by atoms with Crippen LogP contribution >= 0.6 is 0 Å². The first-order valence-corrected chi connectivity index (χ1v) is 8.78. The van der Waals surface area contributed by atoms with Crippen molar-refractivity contribution in [1.82, 2.24) is 10.6 Å². The number of hydrogen-bond donors (Lipinski definition) is 3. The first-order chi connectivity index (χ1) is 14.2. The zero-order valence-corrected chi connectivity index (χ0v) is 15.6. The quantitative estimate of drug-likeness (QED) is 0.605. The number of aliphatic carboxylic acids is 1. The molecular weight excluding hydrogens is 405 g/mol. The van der Waals surface area contributed by atoms with Crippen LogP contribution in [0.5, 0.6) is 0 Å². The number of benzene rings is 2. The summed E-state index contributed by atoms with van der Waals surface area (Å²) >= 11 is 0. The van der Waals surface area contributed by atoms with Gasteiger partial charge in [-0.1, -0.05) is 48.5 Å². The molecule has 0 aliphatic carbocycles. The fourth-order valence-corrected chi connectivity index (χ4v) is 2.57. The Morgan fingerprint density at radius 1 is 1.00 bits per heavy atom. The Balaban J connectivity index is 1.89. The molecule has 2 rings (SSSR count). The third kappa shape index (κ3) is 7.12. The van der Waals surface area contributed by atoms with Gasteiger partial charge in [-0.3, -0.25) is 4.79 Å². The molecule has 0 aromatic heterocycles. The number of alkyl halides is 3. The van der Waals surface area contributed by atoms with Gasteiger partial charge in [0.25, 0.3) is 0 Å². The predicted octanol–water partition coefficient (Wildman–Crippen LogP) is 2.74. The number of amides is 2. The van der Waals surface area contributed by atoms with E-state index in [4.69, 9.17) is 4.74 Å². The molecule has 0 spiro atoms. The van der Waals surface area contributed by atoms with Crippen LogP contribution in [0.3, 0.4) is 0 Å². The zero-order chi connectivity index (χ0) is 22.1. The van der Waals surface area contributed by atoms with Crippen molar-refractivity contribution in [2.24, 2.45) is 0 Å². The zero-order valence-electron chi connectivity index (χ0n) is 15.6. The molecule has 30 heavy (non-hydrogen) atoms. The maximum atomic E-state index is 13.1. The molecule has 2 aromatic carbocycles. The Labute approximate surface area is 169 Å². The second kappa shape index (κ2) is 10.3. The van der Waals surface area contributed by atoms with Gasteiger partial charge in [0.05, 0.1) is 5.56 Å². The van der Waals surface area contributed by atoms with E-state index in [0.717, 1.165) is 17.7 Å². The van der Waals surface area contributed by atoms with Gasteiger partial charge in [0, 0.05) is 6.42 Å². The van der Waals surface area contributed by atoms with Crippen LogP contribution in [0.25, 0.3) is 0 Å². The molecule has 0 aliphatic heterocycles. The van der Waals surface area contributed by atoms with Crippen molar-refractivity contribution >= 4 is 18.0 Å². The molecule has 10 heteroatoms. The third-order valence-corrected chi connectivity index (χ3v) is 3.99. The first-order valence-electron chi connectivity index (χ1n) is 8.78. The normalized spacial score (nSPS) is 12.0. The van der Waals surface area contributed by atoms with Crippen molar-refractivity contribution in [2.75, 3.05) is 6.54 Å². The molecule has 0 unspecified atom stereocenters. The van der Waals surface area contributed by atoms with E-state index in [-0.39, 0.29) is 12.2 Å². The summed E-state index contributed by atoms with van der Waals surface area (Å²) < 4.78 is 44.1. The highest BCUT2D eigenvalue weighted by molar-refractivity contribution is 5.86. The highest BCUT2D eigenvalue weighted by Crippen LogP contribution is 2.32. The van der Waals surface area contributed by atoms with Crippen LogP contribution in [0.4, 0.5) is 18.0 Å². The molecule has 0 saturated carbocycles. The van der Waals surface area contributed by atoms with Gasteiger partial charge in [0.2, 0.25) is 5.91 Å². The summed E-state index contributed by atoms with van der Waals surface area (Å²) in [7, 11) is 0. The largest absolute Gasteiger partial charge is 0.480 e. The van der Waals surface area contributed by atoms with Crippen LogP contribution in [0, 0.1) is 0 Å². The second-order valence-electron chi connectivity index (χ2n) is 6.23. The first kappa shape index (κ1) is 22.7. The van der Waals surface area contributed by atoms with Gasteiger partial charge in [0.1, 0.15) is 19.2 Å². The Morgan fingerprint density at radius 3 is 2.27 bits per heavy atom. The van der Waals surface area contributed by atoms with Crippen molar-refractivity contribution < 1.29 is 37.4 Å². The molecule has 1 atom stereocenters. The molecule has 2 amide bonds. The molecular formula is C20H19F3N2O5. The van der Waals surface area contributed by atoms with E-state index in [0.29, 0.717) is 0 Å². The number of carboxylic acid groups (broad SMARTS) is 1. The number of carboxylic acids is 1. The molecule has 0 bridgehead atoms. The van der Waals surface area contributed by atoms with E-state index in [2.05, 4.69) is 10.6 Å². The fraction of sp³-hybridized carbons (Fsp3) is 0.250. The van der Waals surface area contributed by atoms with Crippen LogP contribution in [0.1, 0.15) is 16.7 Å². The maximum absolute atomic E-state index is 13.1.